The SMILES string of the molecule is COc1ccc(-c2nc(-c3cccs3)[nH]c2-c2ccc(-n3ccnc3)cc2)cc1. The van der Waals surface area contributed by atoms with Gasteiger partial charge in [-0.15, -0.1) is 11.3 Å². The van der Waals surface area contributed by atoms with E-state index in [0.29, 0.717) is 0 Å². The quantitative estimate of drug-likeness (QED) is 0.415. The first-order chi connectivity index (χ1) is 14.3. The lowest BCUT2D eigenvalue weighted by Gasteiger charge is -2.06. The maximum Gasteiger partial charge on any atom is 0.148 e. The fourth-order valence-electron chi connectivity index (χ4n) is 3.28. The third-order valence-corrected chi connectivity index (χ3v) is 5.66. The van der Waals surface area contributed by atoms with E-state index in [0.717, 1.165) is 44.7 Å². The molecule has 0 radical (unpaired) electrons. The lowest BCUT2D eigenvalue weighted by molar-refractivity contribution is 0.415. The Bertz CT molecular complexity index is 1210. The number of H-pyrrole nitrogens is 1. The van der Waals surface area contributed by atoms with Crippen LogP contribution in [0.25, 0.3) is 38.9 Å². The Morgan fingerprint density at radius 2 is 1.76 bits per heavy atom. The van der Waals surface area contributed by atoms with Crippen molar-refractivity contribution in [2.24, 2.45) is 0 Å². The fourth-order valence-corrected chi connectivity index (χ4v) is 3.95. The zero-order valence-corrected chi connectivity index (χ0v) is 16.6. The molecular weight excluding hydrogens is 380 g/mol. The number of aromatic nitrogens is 4. The molecule has 0 aliphatic carbocycles. The minimum absolute atomic E-state index is 0.828. The van der Waals surface area contributed by atoms with Crippen LogP contribution in [0.4, 0.5) is 0 Å². The molecule has 0 amide bonds. The maximum absolute atomic E-state index is 5.30. The molecule has 6 heteroatoms. The summed E-state index contributed by atoms with van der Waals surface area (Å²) in [6, 6.07) is 20.5. The van der Waals surface area contributed by atoms with Gasteiger partial charge in [-0.25, -0.2) is 9.97 Å². The molecule has 3 aromatic heterocycles. The lowest BCUT2D eigenvalue weighted by Crippen LogP contribution is -1.90. The van der Waals surface area contributed by atoms with E-state index in [1.807, 2.05) is 41.1 Å². The number of rotatable bonds is 5. The van der Waals surface area contributed by atoms with Crippen LogP contribution in [0.2, 0.25) is 0 Å². The van der Waals surface area contributed by atoms with Gasteiger partial charge in [0.15, 0.2) is 0 Å². The summed E-state index contributed by atoms with van der Waals surface area (Å²) in [7, 11) is 1.67. The first-order valence-corrected chi connectivity index (χ1v) is 10.1. The Morgan fingerprint density at radius 1 is 0.966 bits per heavy atom. The Morgan fingerprint density at radius 3 is 2.41 bits per heavy atom. The number of methoxy groups -OCH3 is 1. The number of aromatic amines is 1. The fraction of sp³-hybridized carbons (Fsp3) is 0.0435. The van der Waals surface area contributed by atoms with Crippen LogP contribution in [0.5, 0.6) is 5.75 Å². The van der Waals surface area contributed by atoms with Gasteiger partial charge in [0.1, 0.15) is 11.6 Å². The van der Waals surface area contributed by atoms with Crippen LogP contribution >= 0.6 is 11.3 Å². The molecule has 0 saturated carbocycles. The number of thiophene rings is 1. The monoisotopic (exact) mass is 398 g/mol. The summed E-state index contributed by atoms with van der Waals surface area (Å²) in [5.41, 5.74) is 5.10. The first kappa shape index (κ1) is 17.5. The predicted molar refractivity (Wildman–Crippen MR) is 116 cm³/mol. The molecule has 5 rings (SSSR count). The second-order valence-electron chi connectivity index (χ2n) is 6.53. The van der Waals surface area contributed by atoms with Crippen molar-refractivity contribution in [3.63, 3.8) is 0 Å². The van der Waals surface area contributed by atoms with E-state index in [-0.39, 0.29) is 0 Å². The number of imidazole rings is 2. The van der Waals surface area contributed by atoms with Crippen molar-refractivity contribution in [2.45, 2.75) is 0 Å². The summed E-state index contributed by atoms with van der Waals surface area (Å²) in [6.07, 6.45) is 5.50. The summed E-state index contributed by atoms with van der Waals surface area (Å²) in [5.74, 6) is 1.70. The number of nitrogens with zero attached hydrogens (tertiary/aromatic N) is 3. The average Bonchev–Trinajstić information content (AvgIpc) is 3.55. The second kappa shape index (κ2) is 7.41. The van der Waals surface area contributed by atoms with Crippen LogP contribution < -0.4 is 4.74 Å². The molecule has 0 spiro atoms. The predicted octanol–water partition coefficient (Wildman–Crippen LogP) is 5.67. The minimum atomic E-state index is 0.828. The molecule has 142 valence electrons. The van der Waals surface area contributed by atoms with Crippen molar-refractivity contribution < 1.29 is 4.74 Å². The Hall–Kier alpha value is -3.64. The van der Waals surface area contributed by atoms with Crippen molar-refractivity contribution in [3.05, 3.63) is 84.8 Å². The van der Waals surface area contributed by atoms with E-state index in [9.17, 15) is 0 Å². The summed E-state index contributed by atoms with van der Waals surface area (Å²) >= 11 is 1.67. The van der Waals surface area contributed by atoms with Gasteiger partial charge in [0.2, 0.25) is 0 Å². The molecule has 0 aliphatic heterocycles. The van der Waals surface area contributed by atoms with E-state index in [2.05, 4.69) is 45.7 Å². The van der Waals surface area contributed by atoms with Crippen molar-refractivity contribution in [1.82, 2.24) is 19.5 Å². The third kappa shape index (κ3) is 3.34. The topological polar surface area (TPSA) is 55.7 Å². The van der Waals surface area contributed by atoms with Gasteiger partial charge in [0.05, 0.1) is 29.7 Å². The normalized spacial score (nSPS) is 10.9. The Labute approximate surface area is 172 Å². The van der Waals surface area contributed by atoms with E-state index >= 15 is 0 Å². The number of benzene rings is 2. The van der Waals surface area contributed by atoms with Gasteiger partial charge in [-0.3, -0.25) is 0 Å². The molecule has 0 fully saturated rings. The summed E-state index contributed by atoms with van der Waals surface area (Å²) in [4.78, 5) is 13.7. The molecule has 5 aromatic rings. The molecule has 29 heavy (non-hydrogen) atoms. The molecule has 2 aromatic carbocycles. The summed E-state index contributed by atoms with van der Waals surface area (Å²) in [6.45, 7) is 0. The molecule has 3 heterocycles. The average molecular weight is 398 g/mol. The van der Waals surface area contributed by atoms with Crippen LogP contribution in [0.15, 0.2) is 84.8 Å². The zero-order chi connectivity index (χ0) is 19.6. The van der Waals surface area contributed by atoms with Crippen LogP contribution in [0.3, 0.4) is 0 Å². The molecule has 0 saturated heterocycles. The molecule has 0 unspecified atom stereocenters. The number of nitrogens with one attached hydrogen (secondary N) is 1. The van der Waals surface area contributed by atoms with Gasteiger partial charge < -0.3 is 14.3 Å². The zero-order valence-electron chi connectivity index (χ0n) is 15.7. The smallest absolute Gasteiger partial charge is 0.148 e. The standard InChI is InChI=1S/C23H18N4OS/c1-28-19-10-6-17(7-11-19)22-21(25-23(26-22)20-3-2-14-29-20)16-4-8-18(9-5-16)27-13-12-24-15-27/h2-15H,1H3,(H,25,26). The third-order valence-electron chi connectivity index (χ3n) is 4.78. The van der Waals surface area contributed by atoms with E-state index in [4.69, 9.17) is 9.72 Å². The van der Waals surface area contributed by atoms with Gasteiger partial charge in [0, 0.05) is 29.2 Å². The molecule has 5 nitrogen and oxygen atoms in total. The van der Waals surface area contributed by atoms with E-state index in [1.54, 1.807) is 31.0 Å². The molecule has 0 aliphatic rings. The highest BCUT2D eigenvalue weighted by atomic mass is 32.1. The van der Waals surface area contributed by atoms with Crippen LogP contribution in [-0.2, 0) is 0 Å². The highest BCUT2D eigenvalue weighted by Gasteiger charge is 2.16. The Balaban J connectivity index is 1.60. The highest BCUT2D eigenvalue weighted by Crippen LogP contribution is 2.35. The van der Waals surface area contributed by atoms with E-state index in [1.165, 1.54) is 0 Å². The second-order valence-corrected chi connectivity index (χ2v) is 7.48. The largest absolute Gasteiger partial charge is 0.497 e. The first-order valence-electron chi connectivity index (χ1n) is 9.19. The molecule has 0 bridgehead atoms. The van der Waals surface area contributed by atoms with Crippen LogP contribution in [0.1, 0.15) is 0 Å². The van der Waals surface area contributed by atoms with Crippen molar-refractivity contribution in [3.8, 4) is 44.7 Å². The number of ether oxygens (including phenoxy) is 1. The summed E-state index contributed by atoms with van der Waals surface area (Å²) < 4.78 is 7.28. The lowest BCUT2D eigenvalue weighted by atomic mass is 10.0. The van der Waals surface area contributed by atoms with Crippen molar-refractivity contribution in [2.75, 3.05) is 7.11 Å². The van der Waals surface area contributed by atoms with Gasteiger partial charge in [0.25, 0.3) is 0 Å². The molecular formula is C23H18N4OS. The van der Waals surface area contributed by atoms with Crippen LogP contribution in [0, 0.1) is 0 Å². The number of hydrogen-bond donors (Lipinski definition) is 1. The number of hydrogen-bond acceptors (Lipinski definition) is 4. The van der Waals surface area contributed by atoms with Gasteiger partial charge >= 0.3 is 0 Å². The highest BCUT2D eigenvalue weighted by molar-refractivity contribution is 7.13. The Kier molecular flexibility index (Phi) is 4.46. The van der Waals surface area contributed by atoms with Gasteiger partial charge in [-0.2, -0.15) is 0 Å². The van der Waals surface area contributed by atoms with Crippen molar-refractivity contribution in [1.29, 1.82) is 0 Å². The summed E-state index contributed by atoms with van der Waals surface area (Å²) in [5, 5.41) is 2.06. The van der Waals surface area contributed by atoms with Gasteiger partial charge in [-0.05, 0) is 47.8 Å². The maximum atomic E-state index is 5.30. The van der Waals surface area contributed by atoms with Crippen LogP contribution in [-0.4, -0.2) is 26.6 Å². The molecule has 1 N–H and O–H groups in total. The van der Waals surface area contributed by atoms with Gasteiger partial charge in [-0.1, -0.05) is 18.2 Å². The minimum Gasteiger partial charge on any atom is -0.497 e. The van der Waals surface area contributed by atoms with Crippen molar-refractivity contribution >= 4 is 11.3 Å². The van der Waals surface area contributed by atoms with E-state index < -0.39 is 0 Å². The molecule has 0 atom stereocenters.